The summed E-state index contributed by atoms with van der Waals surface area (Å²) in [6.45, 7) is 0. The van der Waals surface area contributed by atoms with Gasteiger partial charge in [0.2, 0.25) is 0 Å². The second-order valence-corrected chi connectivity index (χ2v) is 2.34. The minimum absolute atomic E-state index is 0.517. The van der Waals surface area contributed by atoms with Crippen molar-refractivity contribution in [3.05, 3.63) is 12.1 Å². The van der Waals surface area contributed by atoms with Gasteiger partial charge >= 0.3 is 0 Å². The van der Waals surface area contributed by atoms with Crippen LogP contribution >= 0.6 is 0 Å². The third-order valence-corrected chi connectivity index (χ3v) is 1.58. The summed E-state index contributed by atoms with van der Waals surface area (Å²) in [5, 5.41) is 0. The molecule has 0 fully saturated rings. The zero-order valence-electron chi connectivity index (χ0n) is 7.13. The third-order valence-electron chi connectivity index (χ3n) is 1.58. The summed E-state index contributed by atoms with van der Waals surface area (Å²) in [4.78, 5) is 0. The lowest BCUT2D eigenvalue weighted by molar-refractivity contribution is 0.407. The molecule has 0 spiro atoms. The highest BCUT2D eigenvalue weighted by molar-refractivity contribution is 5.67. The fraction of sp³-hybridized carbons (Fsp3) is 0.250. The Hall–Kier alpha value is -1.58. The average molecular weight is 168 g/mol. The third kappa shape index (κ3) is 1.37. The summed E-state index contributed by atoms with van der Waals surface area (Å²) in [5.74, 6) is 1.13. The molecule has 4 heteroatoms. The predicted molar refractivity (Wildman–Crippen MR) is 48.4 cm³/mol. The van der Waals surface area contributed by atoms with Crippen LogP contribution in [0, 0.1) is 0 Å². The van der Waals surface area contributed by atoms with E-state index in [1.54, 1.807) is 12.1 Å². The topological polar surface area (TPSA) is 70.5 Å². The van der Waals surface area contributed by atoms with Gasteiger partial charge in [0.1, 0.15) is 11.5 Å². The van der Waals surface area contributed by atoms with Gasteiger partial charge in [-0.25, -0.2) is 0 Å². The molecule has 4 N–H and O–H groups in total. The second-order valence-electron chi connectivity index (χ2n) is 2.34. The lowest BCUT2D eigenvalue weighted by Crippen LogP contribution is -1.97. The minimum atomic E-state index is 0.517. The van der Waals surface area contributed by atoms with Gasteiger partial charge in [-0.3, -0.25) is 0 Å². The largest absolute Gasteiger partial charge is 0.495 e. The molecule has 0 saturated heterocycles. The highest BCUT2D eigenvalue weighted by atomic mass is 16.5. The lowest BCUT2D eigenvalue weighted by Gasteiger charge is -2.08. The summed E-state index contributed by atoms with van der Waals surface area (Å²) < 4.78 is 9.93. The van der Waals surface area contributed by atoms with Crippen LogP contribution in [0.1, 0.15) is 0 Å². The van der Waals surface area contributed by atoms with Crippen LogP contribution in [0.2, 0.25) is 0 Å². The van der Waals surface area contributed by atoms with Crippen molar-refractivity contribution in [2.24, 2.45) is 0 Å². The van der Waals surface area contributed by atoms with Crippen molar-refractivity contribution in [3.8, 4) is 11.5 Å². The maximum atomic E-state index is 5.62. The summed E-state index contributed by atoms with van der Waals surface area (Å²) in [7, 11) is 3.08. The molecule has 0 atom stereocenters. The molecule has 0 aliphatic rings. The van der Waals surface area contributed by atoms with E-state index in [0.717, 1.165) is 0 Å². The Labute approximate surface area is 71.1 Å². The molecular formula is C8H12N2O2. The van der Waals surface area contributed by atoms with Gasteiger partial charge in [-0.05, 0) is 0 Å². The Balaban J connectivity index is 3.16. The van der Waals surface area contributed by atoms with Gasteiger partial charge in [-0.2, -0.15) is 0 Å². The molecule has 4 nitrogen and oxygen atoms in total. The van der Waals surface area contributed by atoms with Crippen LogP contribution in [-0.2, 0) is 0 Å². The maximum Gasteiger partial charge on any atom is 0.144 e. The summed E-state index contributed by atoms with van der Waals surface area (Å²) in [5.41, 5.74) is 12.3. The molecule has 0 radical (unpaired) electrons. The van der Waals surface area contributed by atoms with Crippen LogP contribution in [0.4, 0.5) is 11.4 Å². The number of rotatable bonds is 2. The highest BCUT2D eigenvalue weighted by Gasteiger charge is 2.05. The van der Waals surface area contributed by atoms with Gasteiger partial charge in [-0.1, -0.05) is 0 Å². The number of nitrogens with two attached hydrogens (primary N) is 2. The minimum Gasteiger partial charge on any atom is -0.495 e. The van der Waals surface area contributed by atoms with Crippen LogP contribution < -0.4 is 20.9 Å². The standard InChI is InChI=1S/C8H12N2O2/c1-11-7-3-6(10)8(12-2)4-5(7)9/h3-4H,9-10H2,1-2H3. The molecule has 0 saturated carbocycles. The molecule has 12 heavy (non-hydrogen) atoms. The number of hydrogen-bond acceptors (Lipinski definition) is 4. The molecule has 1 aromatic carbocycles. The van der Waals surface area contributed by atoms with Crippen LogP contribution in [0.5, 0.6) is 11.5 Å². The van der Waals surface area contributed by atoms with Crippen molar-refractivity contribution in [3.63, 3.8) is 0 Å². The maximum absolute atomic E-state index is 5.62. The van der Waals surface area contributed by atoms with E-state index < -0.39 is 0 Å². The van der Waals surface area contributed by atoms with Crippen molar-refractivity contribution < 1.29 is 9.47 Å². The molecule has 1 aromatic rings. The van der Waals surface area contributed by atoms with Gasteiger partial charge in [0.05, 0.1) is 25.6 Å². The van der Waals surface area contributed by atoms with Crippen molar-refractivity contribution in [2.45, 2.75) is 0 Å². The molecule has 0 aliphatic heterocycles. The fourth-order valence-electron chi connectivity index (χ4n) is 0.945. The Bertz CT molecular complexity index is 257. The lowest BCUT2D eigenvalue weighted by atomic mass is 10.2. The summed E-state index contributed by atoms with van der Waals surface area (Å²) in [6, 6.07) is 3.27. The fourth-order valence-corrected chi connectivity index (χ4v) is 0.945. The molecular weight excluding hydrogens is 156 g/mol. The van der Waals surface area contributed by atoms with Gasteiger partial charge in [0.25, 0.3) is 0 Å². The van der Waals surface area contributed by atoms with Crippen molar-refractivity contribution in [2.75, 3.05) is 25.7 Å². The number of methoxy groups -OCH3 is 2. The smallest absolute Gasteiger partial charge is 0.144 e. The van der Waals surface area contributed by atoms with Crippen LogP contribution in [0.3, 0.4) is 0 Å². The SMILES string of the molecule is COc1cc(N)c(OC)cc1N. The van der Waals surface area contributed by atoms with Crippen LogP contribution in [0.15, 0.2) is 12.1 Å². The van der Waals surface area contributed by atoms with E-state index >= 15 is 0 Å². The molecule has 1 rings (SSSR count). The van der Waals surface area contributed by atoms with Crippen molar-refractivity contribution >= 4 is 11.4 Å². The molecule has 0 aromatic heterocycles. The van der Waals surface area contributed by atoms with E-state index in [0.29, 0.717) is 22.9 Å². The molecule has 0 unspecified atom stereocenters. The molecule has 0 bridgehead atoms. The van der Waals surface area contributed by atoms with Crippen molar-refractivity contribution in [1.82, 2.24) is 0 Å². The van der Waals surface area contributed by atoms with Crippen LogP contribution in [0.25, 0.3) is 0 Å². The molecule has 0 amide bonds. The Morgan fingerprint density at radius 2 is 1.25 bits per heavy atom. The van der Waals surface area contributed by atoms with E-state index in [9.17, 15) is 0 Å². The summed E-state index contributed by atoms with van der Waals surface area (Å²) >= 11 is 0. The van der Waals surface area contributed by atoms with Crippen molar-refractivity contribution in [1.29, 1.82) is 0 Å². The normalized spacial score (nSPS) is 9.50. The Morgan fingerprint density at radius 1 is 0.917 bits per heavy atom. The first-order chi connectivity index (χ1) is 5.69. The first-order valence-corrected chi connectivity index (χ1v) is 3.46. The zero-order chi connectivity index (χ0) is 9.14. The number of anilines is 2. The molecule has 0 aliphatic carbocycles. The number of benzene rings is 1. The van der Waals surface area contributed by atoms with E-state index in [-0.39, 0.29) is 0 Å². The number of ether oxygens (including phenoxy) is 2. The Kier molecular flexibility index (Phi) is 2.28. The number of hydrogen-bond donors (Lipinski definition) is 2. The van der Waals surface area contributed by atoms with E-state index in [2.05, 4.69) is 0 Å². The second kappa shape index (κ2) is 3.21. The van der Waals surface area contributed by atoms with Gasteiger partial charge in [-0.15, -0.1) is 0 Å². The average Bonchev–Trinajstić information content (AvgIpc) is 2.08. The van der Waals surface area contributed by atoms with E-state index in [1.807, 2.05) is 0 Å². The van der Waals surface area contributed by atoms with Gasteiger partial charge < -0.3 is 20.9 Å². The van der Waals surface area contributed by atoms with E-state index in [4.69, 9.17) is 20.9 Å². The highest BCUT2D eigenvalue weighted by Crippen LogP contribution is 2.31. The zero-order valence-corrected chi connectivity index (χ0v) is 7.13. The predicted octanol–water partition coefficient (Wildman–Crippen LogP) is 0.868. The van der Waals surface area contributed by atoms with E-state index in [1.165, 1.54) is 14.2 Å². The summed E-state index contributed by atoms with van der Waals surface area (Å²) in [6.07, 6.45) is 0. The first kappa shape index (κ1) is 8.52. The molecule has 66 valence electrons. The monoisotopic (exact) mass is 168 g/mol. The molecule has 0 heterocycles. The first-order valence-electron chi connectivity index (χ1n) is 3.46. The van der Waals surface area contributed by atoms with Crippen LogP contribution in [-0.4, -0.2) is 14.2 Å². The quantitative estimate of drug-likeness (QED) is 0.643. The van der Waals surface area contributed by atoms with Gasteiger partial charge in [0, 0.05) is 12.1 Å². The Morgan fingerprint density at radius 3 is 1.50 bits per heavy atom. The van der Waals surface area contributed by atoms with Gasteiger partial charge in [0.15, 0.2) is 0 Å². The number of nitrogen functional groups attached to an aromatic ring is 2.